The lowest BCUT2D eigenvalue weighted by molar-refractivity contribution is 0.00960. The zero-order chi connectivity index (χ0) is 18.0. The summed E-state index contributed by atoms with van der Waals surface area (Å²) in [7, 11) is 0. The molecule has 98 valence electrons. The van der Waals surface area contributed by atoms with E-state index < -0.39 is 55.3 Å². The maximum absolute atomic E-state index is 12.2. The van der Waals surface area contributed by atoms with Gasteiger partial charge >= 0.3 is 6.09 Å². The first kappa shape index (κ1) is 6.98. The summed E-state index contributed by atoms with van der Waals surface area (Å²) in [6, 6.07) is -0.851. The van der Waals surface area contributed by atoms with Crippen molar-refractivity contribution in [2.24, 2.45) is 17.3 Å². The van der Waals surface area contributed by atoms with E-state index in [1.165, 1.54) is 4.90 Å². The molecule has 17 heavy (non-hydrogen) atoms. The molecule has 0 radical (unpaired) electrons. The second kappa shape index (κ2) is 3.61. The van der Waals surface area contributed by atoms with Crippen molar-refractivity contribution in [2.45, 2.75) is 46.1 Å². The van der Waals surface area contributed by atoms with Gasteiger partial charge in [0.15, 0.2) is 0 Å². The van der Waals surface area contributed by atoms with Crippen LogP contribution in [0.2, 0.25) is 0 Å². The zero-order valence-electron chi connectivity index (χ0n) is 16.4. The van der Waals surface area contributed by atoms with Gasteiger partial charge in [-0.25, -0.2) is 4.79 Å². The van der Waals surface area contributed by atoms with Crippen LogP contribution in [0, 0.1) is 17.3 Å². The van der Waals surface area contributed by atoms with Gasteiger partial charge in [0.1, 0.15) is 5.60 Å². The fraction of sp³-hybridized carbons (Fsp3) is 0.923. The van der Waals surface area contributed by atoms with E-state index in [1.807, 2.05) is 0 Å². The highest BCUT2D eigenvalue weighted by atomic mass is 16.6. The van der Waals surface area contributed by atoms with Crippen molar-refractivity contribution < 1.29 is 22.9 Å². The number of piperidine rings is 1. The molecule has 1 saturated heterocycles. The summed E-state index contributed by atoms with van der Waals surface area (Å²) in [4.78, 5) is 13.5. The largest absolute Gasteiger partial charge is 0.444 e. The van der Waals surface area contributed by atoms with Crippen molar-refractivity contribution in [1.82, 2.24) is 4.90 Å². The molecule has 0 unspecified atom stereocenters. The minimum Gasteiger partial charge on any atom is -0.444 e. The van der Waals surface area contributed by atoms with Crippen LogP contribution in [-0.4, -0.2) is 40.9 Å². The van der Waals surface area contributed by atoms with Gasteiger partial charge in [-0.2, -0.15) is 0 Å². The van der Waals surface area contributed by atoms with Crippen LogP contribution in [-0.2, 0) is 4.74 Å². The number of amides is 1. The molecule has 2 fully saturated rings. The molecule has 1 heterocycles. The third-order valence-corrected chi connectivity index (χ3v) is 3.46. The number of carbonyl (C=O) groups excluding carboxylic acids is 1. The number of nitrogens with zero attached hydrogens (tertiary/aromatic N) is 1. The summed E-state index contributed by atoms with van der Waals surface area (Å²) in [5.74, 6) is -1.47. The van der Waals surface area contributed by atoms with E-state index in [1.54, 1.807) is 20.8 Å². The van der Waals surface area contributed by atoms with Crippen molar-refractivity contribution in [3.63, 3.8) is 0 Å². The van der Waals surface area contributed by atoms with Gasteiger partial charge in [0.2, 0.25) is 0 Å². The Hall–Kier alpha value is -0.770. The molecule has 0 bridgehead atoms. The molecule has 1 amide bonds. The fourth-order valence-corrected chi connectivity index (χ4v) is 2.60. The molecule has 0 aromatic rings. The highest BCUT2D eigenvalue weighted by Crippen LogP contribution is 2.64. The Balaban J connectivity index is 2.28. The van der Waals surface area contributed by atoms with Crippen LogP contribution in [0.1, 0.15) is 42.7 Å². The average Bonchev–Trinajstić information content (AvgIpc) is 2.83. The second-order valence-corrected chi connectivity index (χ2v) is 5.88. The van der Waals surface area contributed by atoms with Crippen LogP contribution in [0.15, 0.2) is 0 Å². The monoisotopic (exact) mass is 247 g/mol. The van der Waals surface area contributed by atoms with Crippen LogP contribution in [0.5, 0.6) is 0 Å². The van der Waals surface area contributed by atoms with Crippen molar-refractivity contribution in [3.05, 3.63) is 0 Å². The number of aliphatic hydroxyl groups excluding tert-OH is 1. The van der Waals surface area contributed by atoms with E-state index in [0.29, 0.717) is 0 Å². The molecule has 3 atom stereocenters. The molecule has 1 aliphatic heterocycles. The maximum atomic E-state index is 12.2. The van der Waals surface area contributed by atoms with Gasteiger partial charge in [-0.15, -0.1) is 0 Å². The highest BCUT2D eigenvalue weighted by molar-refractivity contribution is 5.69. The number of carbonyl (C=O) groups is 1. The summed E-state index contributed by atoms with van der Waals surface area (Å²) in [6.45, 7) is -0.779. The number of hydrogen-bond acceptors (Lipinski definition) is 3. The van der Waals surface area contributed by atoms with Gasteiger partial charge < -0.3 is 14.7 Å². The van der Waals surface area contributed by atoms with Gasteiger partial charge in [0.25, 0.3) is 0 Å². The minimum atomic E-state index is -2.68. The molecule has 0 aromatic heterocycles. The molecule has 1 N–H and O–H groups in total. The molecular formula is C13H23NO3. The standard InChI is InChI=1S/C13H23NO3/c1-12(2,3)17-11(16)14-6-8-10(9(14)7-15)13(8,4)5/h8-10,15H,6-7H2,1-5H3/t8-,9+,10+/m0/s1/i4D3,5D3. The van der Waals surface area contributed by atoms with E-state index in [-0.39, 0.29) is 6.54 Å². The summed E-state index contributed by atoms with van der Waals surface area (Å²) < 4.78 is 51.4. The van der Waals surface area contributed by atoms with Crippen LogP contribution in [0.4, 0.5) is 4.79 Å². The molecule has 1 aliphatic carbocycles. The van der Waals surface area contributed by atoms with Gasteiger partial charge in [0, 0.05) is 14.8 Å². The molecule has 2 rings (SSSR count). The first-order valence-corrected chi connectivity index (χ1v) is 5.79. The summed E-state index contributed by atoms with van der Waals surface area (Å²) in [5.41, 5.74) is -2.58. The number of hydrogen-bond donors (Lipinski definition) is 1. The average molecular weight is 247 g/mol. The van der Waals surface area contributed by atoms with Crippen LogP contribution < -0.4 is 0 Å². The maximum Gasteiger partial charge on any atom is 0.410 e. The van der Waals surface area contributed by atoms with Crippen molar-refractivity contribution in [1.29, 1.82) is 0 Å². The molecule has 0 aromatic carbocycles. The van der Waals surface area contributed by atoms with Crippen molar-refractivity contribution in [3.8, 4) is 0 Å². The Labute approximate surface area is 111 Å². The quantitative estimate of drug-likeness (QED) is 0.769. The summed E-state index contributed by atoms with van der Waals surface area (Å²) in [6.07, 6.45) is -0.659. The Kier molecular flexibility index (Phi) is 1.48. The lowest BCUT2D eigenvalue weighted by Gasteiger charge is -2.31. The number of aliphatic hydroxyl groups is 1. The zero-order valence-corrected chi connectivity index (χ0v) is 10.4. The van der Waals surface area contributed by atoms with Crippen molar-refractivity contribution >= 4 is 6.09 Å². The van der Waals surface area contributed by atoms with E-state index in [9.17, 15) is 9.90 Å². The van der Waals surface area contributed by atoms with Gasteiger partial charge in [0.05, 0.1) is 12.6 Å². The predicted molar refractivity (Wildman–Crippen MR) is 64.6 cm³/mol. The normalized spacial score (nSPS) is 41.2. The van der Waals surface area contributed by atoms with Crippen LogP contribution in [0.25, 0.3) is 0 Å². The number of ether oxygens (including phenoxy) is 1. The molecule has 2 aliphatic rings. The molecule has 4 nitrogen and oxygen atoms in total. The number of fused-ring (bicyclic) bond motifs is 1. The Morgan fingerprint density at radius 1 is 1.59 bits per heavy atom. The molecule has 4 heteroatoms. The van der Waals surface area contributed by atoms with E-state index in [0.717, 1.165) is 0 Å². The third-order valence-electron chi connectivity index (χ3n) is 3.46. The Morgan fingerprint density at radius 3 is 2.71 bits per heavy atom. The second-order valence-electron chi connectivity index (χ2n) is 5.88. The van der Waals surface area contributed by atoms with Gasteiger partial charge in [-0.05, 0) is 38.0 Å². The first-order chi connectivity index (χ1) is 10.2. The van der Waals surface area contributed by atoms with Crippen LogP contribution >= 0.6 is 0 Å². The first-order valence-electron chi connectivity index (χ1n) is 8.79. The lowest BCUT2D eigenvalue weighted by Crippen LogP contribution is -2.45. The SMILES string of the molecule is [2H]C([2H])([2H])C1(C([2H])([2H])[2H])[C@H]2[C@@H](CO)N(C(=O)OC(C)(C)C)C[C@@H]21. The number of likely N-dealkylation sites (tertiary alicyclic amines) is 1. The van der Waals surface area contributed by atoms with E-state index in [4.69, 9.17) is 13.0 Å². The Bertz CT molecular complexity index is 481. The van der Waals surface area contributed by atoms with Crippen LogP contribution in [0.3, 0.4) is 0 Å². The fourth-order valence-electron chi connectivity index (χ4n) is 2.60. The topological polar surface area (TPSA) is 49.8 Å². The highest BCUT2D eigenvalue weighted by Gasteiger charge is 2.67. The molecule has 0 spiro atoms. The van der Waals surface area contributed by atoms with E-state index in [2.05, 4.69) is 0 Å². The number of rotatable bonds is 1. The van der Waals surface area contributed by atoms with Gasteiger partial charge in [-0.1, -0.05) is 13.7 Å². The summed E-state index contributed by atoms with van der Waals surface area (Å²) >= 11 is 0. The van der Waals surface area contributed by atoms with Crippen molar-refractivity contribution in [2.75, 3.05) is 13.2 Å². The summed E-state index contributed by atoms with van der Waals surface area (Å²) in [5, 5.41) is 9.63. The van der Waals surface area contributed by atoms with Gasteiger partial charge in [-0.3, -0.25) is 0 Å². The molecule has 1 saturated carbocycles. The minimum absolute atomic E-state index is 0.0262. The van der Waals surface area contributed by atoms with E-state index >= 15 is 0 Å². The third kappa shape index (κ3) is 2.03. The molecular weight excluding hydrogens is 218 g/mol. The predicted octanol–water partition coefficient (Wildman–Crippen LogP) is 1.87. The Morgan fingerprint density at radius 2 is 2.24 bits per heavy atom. The smallest absolute Gasteiger partial charge is 0.410 e. The lowest BCUT2D eigenvalue weighted by atomic mass is 10.0.